The minimum Gasteiger partial charge on any atom is -0.481 e. The summed E-state index contributed by atoms with van der Waals surface area (Å²) in [6.45, 7) is 8.23. The van der Waals surface area contributed by atoms with Gasteiger partial charge in [-0.1, -0.05) is 27.7 Å². The van der Waals surface area contributed by atoms with Gasteiger partial charge in [-0.15, -0.1) is 0 Å². The molecule has 1 saturated carbocycles. The highest BCUT2D eigenvalue weighted by Crippen LogP contribution is 2.37. The average Bonchev–Trinajstić information content (AvgIpc) is 2.78. The van der Waals surface area contributed by atoms with Gasteiger partial charge in [-0.05, 0) is 38.0 Å². The topological polar surface area (TPSA) is 66.4 Å². The Hall–Kier alpha value is -1.06. The minimum atomic E-state index is -0.834. The summed E-state index contributed by atoms with van der Waals surface area (Å²) in [5, 5.41) is 12.4. The number of carbonyl (C=O) groups is 2. The van der Waals surface area contributed by atoms with E-state index in [-0.39, 0.29) is 17.4 Å². The molecule has 0 aromatic rings. The van der Waals surface area contributed by atoms with Crippen LogP contribution in [0.2, 0.25) is 0 Å². The van der Waals surface area contributed by atoms with Gasteiger partial charge < -0.3 is 10.4 Å². The lowest BCUT2D eigenvalue weighted by Crippen LogP contribution is -2.50. The standard InChI is InChI=1S/C15H27NO3/c1-5-15(6-2,7-3)16-13(17)11-8-10(4)9-12(11)14(18)19/h10-12H,5-9H2,1-4H3,(H,16,17)(H,18,19). The number of aliphatic carboxylic acids is 1. The molecule has 4 heteroatoms. The minimum absolute atomic E-state index is 0.0673. The first-order valence-electron chi connectivity index (χ1n) is 7.43. The molecule has 1 aliphatic carbocycles. The Labute approximate surface area is 116 Å². The number of hydrogen-bond donors (Lipinski definition) is 2. The molecule has 0 bridgehead atoms. The monoisotopic (exact) mass is 269 g/mol. The fraction of sp³-hybridized carbons (Fsp3) is 0.867. The van der Waals surface area contributed by atoms with E-state index in [0.29, 0.717) is 18.8 Å². The number of rotatable bonds is 6. The van der Waals surface area contributed by atoms with Crippen molar-refractivity contribution in [3.05, 3.63) is 0 Å². The van der Waals surface area contributed by atoms with E-state index in [2.05, 4.69) is 26.1 Å². The Kier molecular flexibility index (Phi) is 5.39. The Morgan fingerprint density at radius 2 is 1.58 bits per heavy atom. The van der Waals surface area contributed by atoms with Crippen molar-refractivity contribution in [1.82, 2.24) is 5.32 Å². The van der Waals surface area contributed by atoms with Crippen LogP contribution in [0.15, 0.2) is 0 Å². The summed E-state index contributed by atoms with van der Waals surface area (Å²) >= 11 is 0. The third kappa shape index (κ3) is 3.48. The van der Waals surface area contributed by atoms with Gasteiger partial charge in [0.05, 0.1) is 11.8 Å². The number of amides is 1. The van der Waals surface area contributed by atoms with Crippen LogP contribution in [0.4, 0.5) is 0 Å². The summed E-state index contributed by atoms with van der Waals surface area (Å²) in [6.07, 6.45) is 3.95. The van der Waals surface area contributed by atoms with Crippen molar-refractivity contribution in [3.8, 4) is 0 Å². The van der Waals surface area contributed by atoms with Gasteiger partial charge in [-0.3, -0.25) is 9.59 Å². The SMILES string of the molecule is CCC(CC)(CC)NC(=O)C1CC(C)CC1C(=O)O. The van der Waals surface area contributed by atoms with E-state index in [0.717, 1.165) is 19.3 Å². The molecular weight excluding hydrogens is 242 g/mol. The molecule has 19 heavy (non-hydrogen) atoms. The molecule has 2 N–H and O–H groups in total. The maximum atomic E-state index is 12.4. The van der Waals surface area contributed by atoms with Crippen molar-refractivity contribution in [2.75, 3.05) is 0 Å². The summed E-state index contributed by atoms with van der Waals surface area (Å²) in [4.78, 5) is 23.7. The molecule has 1 amide bonds. The van der Waals surface area contributed by atoms with E-state index in [9.17, 15) is 14.7 Å². The Bertz CT molecular complexity index is 328. The van der Waals surface area contributed by atoms with Gasteiger partial charge in [0.15, 0.2) is 0 Å². The molecule has 0 saturated heterocycles. The van der Waals surface area contributed by atoms with Crippen molar-refractivity contribution in [2.45, 2.75) is 65.3 Å². The third-order valence-electron chi connectivity index (χ3n) is 4.87. The number of hydrogen-bond acceptors (Lipinski definition) is 2. The van der Waals surface area contributed by atoms with Crippen LogP contribution in [0, 0.1) is 17.8 Å². The van der Waals surface area contributed by atoms with Crippen LogP contribution in [0.3, 0.4) is 0 Å². The molecule has 4 nitrogen and oxygen atoms in total. The molecule has 0 aromatic heterocycles. The van der Waals surface area contributed by atoms with Gasteiger partial charge in [-0.2, -0.15) is 0 Å². The highest BCUT2D eigenvalue weighted by atomic mass is 16.4. The molecule has 1 fully saturated rings. The zero-order valence-corrected chi connectivity index (χ0v) is 12.5. The predicted octanol–water partition coefficient (Wildman–Crippen LogP) is 2.82. The molecule has 0 radical (unpaired) electrons. The van der Waals surface area contributed by atoms with Crippen molar-refractivity contribution in [1.29, 1.82) is 0 Å². The summed E-state index contributed by atoms with van der Waals surface area (Å²) in [5.74, 6) is -1.46. The van der Waals surface area contributed by atoms with Crippen LogP contribution in [0.1, 0.15) is 59.8 Å². The van der Waals surface area contributed by atoms with Crippen LogP contribution >= 0.6 is 0 Å². The zero-order chi connectivity index (χ0) is 14.6. The average molecular weight is 269 g/mol. The van der Waals surface area contributed by atoms with Gasteiger partial charge >= 0.3 is 5.97 Å². The van der Waals surface area contributed by atoms with Gasteiger partial charge in [-0.25, -0.2) is 0 Å². The van der Waals surface area contributed by atoms with Gasteiger partial charge in [0.1, 0.15) is 0 Å². The normalized spacial score (nSPS) is 27.3. The van der Waals surface area contributed by atoms with Crippen LogP contribution in [-0.2, 0) is 9.59 Å². The van der Waals surface area contributed by atoms with E-state index in [1.54, 1.807) is 0 Å². The van der Waals surface area contributed by atoms with Gasteiger partial charge in [0, 0.05) is 5.54 Å². The van der Waals surface area contributed by atoms with E-state index in [1.165, 1.54) is 0 Å². The number of carboxylic acid groups (broad SMARTS) is 1. The lowest BCUT2D eigenvalue weighted by molar-refractivity contribution is -0.146. The largest absolute Gasteiger partial charge is 0.481 e. The lowest BCUT2D eigenvalue weighted by Gasteiger charge is -2.33. The van der Waals surface area contributed by atoms with Crippen molar-refractivity contribution in [2.24, 2.45) is 17.8 Å². The third-order valence-corrected chi connectivity index (χ3v) is 4.87. The summed E-state index contributed by atoms with van der Waals surface area (Å²) in [7, 11) is 0. The molecule has 1 aliphatic rings. The lowest BCUT2D eigenvalue weighted by atomic mass is 9.87. The van der Waals surface area contributed by atoms with E-state index in [1.807, 2.05) is 6.92 Å². The van der Waals surface area contributed by atoms with Crippen molar-refractivity contribution in [3.63, 3.8) is 0 Å². The van der Waals surface area contributed by atoms with Gasteiger partial charge in [0.2, 0.25) is 5.91 Å². The molecule has 110 valence electrons. The first kappa shape index (κ1) is 16.0. The molecule has 3 atom stereocenters. The maximum absolute atomic E-state index is 12.4. The molecular formula is C15H27NO3. The van der Waals surface area contributed by atoms with E-state index >= 15 is 0 Å². The summed E-state index contributed by atoms with van der Waals surface area (Å²) < 4.78 is 0. The second-order valence-corrected chi connectivity index (χ2v) is 5.96. The highest BCUT2D eigenvalue weighted by Gasteiger charge is 2.42. The van der Waals surface area contributed by atoms with Crippen molar-refractivity contribution < 1.29 is 14.7 Å². The van der Waals surface area contributed by atoms with E-state index in [4.69, 9.17) is 0 Å². The second kappa shape index (κ2) is 6.40. The Balaban J connectivity index is 2.79. The Morgan fingerprint density at radius 3 is 2.00 bits per heavy atom. The molecule has 0 aromatic carbocycles. The quantitative estimate of drug-likeness (QED) is 0.779. The zero-order valence-electron chi connectivity index (χ0n) is 12.5. The van der Waals surface area contributed by atoms with Crippen LogP contribution < -0.4 is 5.32 Å². The van der Waals surface area contributed by atoms with Crippen molar-refractivity contribution >= 4 is 11.9 Å². The predicted molar refractivity (Wildman–Crippen MR) is 74.8 cm³/mol. The first-order chi connectivity index (χ1) is 8.89. The van der Waals surface area contributed by atoms with E-state index < -0.39 is 11.9 Å². The highest BCUT2D eigenvalue weighted by molar-refractivity contribution is 5.85. The van der Waals surface area contributed by atoms with Gasteiger partial charge in [0.25, 0.3) is 0 Å². The van der Waals surface area contributed by atoms with Crippen LogP contribution in [0.25, 0.3) is 0 Å². The number of carbonyl (C=O) groups excluding carboxylic acids is 1. The van der Waals surface area contributed by atoms with Crippen LogP contribution in [-0.4, -0.2) is 22.5 Å². The summed E-state index contributed by atoms with van der Waals surface area (Å²) in [5.41, 5.74) is -0.175. The van der Waals surface area contributed by atoms with Crippen LogP contribution in [0.5, 0.6) is 0 Å². The summed E-state index contributed by atoms with van der Waals surface area (Å²) in [6, 6.07) is 0. The molecule has 0 heterocycles. The molecule has 0 spiro atoms. The smallest absolute Gasteiger partial charge is 0.307 e. The fourth-order valence-electron chi connectivity index (χ4n) is 3.22. The fourth-order valence-corrected chi connectivity index (χ4v) is 3.22. The second-order valence-electron chi connectivity index (χ2n) is 5.96. The molecule has 0 aliphatic heterocycles. The first-order valence-corrected chi connectivity index (χ1v) is 7.43. The molecule has 3 unspecified atom stereocenters. The maximum Gasteiger partial charge on any atom is 0.307 e. The molecule has 1 rings (SSSR count). The number of nitrogens with one attached hydrogen (secondary N) is 1. The Morgan fingerprint density at radius 1 is 1.11 bits per heavy atom. The number of carboxylic acids is 1.